The van der Waals surface area contributed by atoms with Crippen molar-refractivity contribution in [1.29, 1.82) is 0 Å². The Morgan fingerprint density at radius 3 is 2.67 bits per heavy atom. The third-order valence-electron chi connectivity index (χ3n) is 3.99. The van der Waals surface area contributed by atoms with Crippen LogP contribution in [-0.4, -0.2) is 29.2 Å². The molecule has 4 nitrogen and oxygen atoms in total. The van der Waals surface area contributed by atoms with Gasteiger partial charge in [-0.1, -0.05) is 12.1 Å². The molecular weight excluding hydrogens is 224 g/mol. The summed E-state index contributed by atoms with van der Waals surface area (Å²) in [6.07, 6.45) is 2.36. The van der Waals surface area contributed by atoms with Crippen molar-refractivity contribution in [3.63, 3.8) is 0 Å². The third-order valence-corrected chi connectivity index (χ3v) is 3.99. The van der Waals surface area contributed by atoms with Crippen LogP contribution in [0.15, 0.2) is 24.3 Å². The fourth-order valence-electron chi connectivity index (χ4n) is 2.78. The van der Waals surface area contributed by atoms with E-state index in [-0.39, 0.29) is 0 Å². The second-order valence-electron chi connectivity index (χ2n) is 5.13. The minimum atomic E-state index is 0.691. The SMILES string of the molecule is Cn1c(N2CCC(CN)CC2)nc2ccccc21. The third kappa shape index (κ3) is 1.86. The van der Waals surface area contributed by atoms with Crippen molar-refractivity contribution in [3.05, 3.63) is 24.3 Å². The van der Waals surface area contributed by atoms with Crippen LogP contribution < -0.4 is 10.6 Å². The van der Waals surface area contributed by atoms with Crippen LogP contribution in [0.2, 0.25) is 0 Å². The molecule has 4 heteroatoms. The number of piperidine rings is 1. The van der Waals surface area contributed by atoms with Gasteiger partial charge >= 0.3 is 0 Å². The number of hydrogen-bond donors (Lipinski definition) is 1. The molecule has 1 saturated heterocycles. The molecule has 0 spiro atoms. The second-order valence-corrected chi connectivity index (χ2v) is 5.13. The maximum atomic E-state index is 5.74. The maximum absolute atomic E-state index is 5.74. The van der Waals surface area contributed by atoms with Gasteiger partial charge in [0.25, 0.3) is 0 Å². The minimum absolute atomic E-state index is 0.691. The highest BCUT2D eigenvalue weighted by atomic mass is 15.3. The normalized spacial score (nSPS) is 17.6. The zero-order valence-corrected chi connectivity index (χ0v) is 10.8. The van der Waals surface area contributed by atoms with Crippen molar-refractivity contribution in [3.8, 4) is 0 Å². The van der Waals surface area contributed by atoms with E-state index in [1.54, 1.807) is 0 Å². The molecule has 2 N–H and O–H groups in total. The lowest BCUT2D eigenvalue weighted by molar-refractivity contribution is 0.410. The van der Waals surface area contributed by atoms with Crippen molar-refractivity contribution in [2.45, 2.75) is 12.8 Å². The number of nitrogens with two attached hydrogens (primary N) is 1. The van der Waals surface area contributed by atoms with Gasteiger partial charge in [0.05, 0.1) is 11.0 Å². The average molecular weight is 244 g/mol. The summed E-state index contributed by atoms with van der Waals surface area (Å²) in [5.74, 6) is 1.78. The number of para-hydroxylation sites is 2. The van der Waals surface area contributed by atoms with Crippen molar-refractivity contribution in [2.75, 3.05) is 24.5 Å². The molecule has 1 aliphatic rings. The Labute approximate surface area is 107 Å². The quantitative estimate of drug-likeness (QED) is 0.875. The summed E-state index contributed by atoms with van der Waals surface area (Å²) >= 11 is 0. The Balaban J connectivity index is 1.89. The maximum Gasteiger partial charge on any atom is 0.206 e. The molecular formula is C14H20N4. The van der Waals surface area contributed by atoms with E-state index in [2.05, 4.69) is 34.7 Å². The first-order valence-electron chi connectivity index (χ1n) is 6.66. The highest BCUT2D eigenvalue weighted by molar-refractivity contribution is 5.78. The summed E-state index contributed by atoms with van der Waals surface area (Å²) in [6.45, 7) is 2.95. The predicted octanol–water partition coefficient (Wildman–Crippen LogP) is 1.75. The zero-order valence-electron chi connectivity index (χ0n) is 10.8. The van der Waals surface area contributed by atoms with Crippen molar-refractivity contribution < 1.29 is 0 Å². The molecule has 0 unspecified atom stereocenters. The molecule has 0 bridgehead atoms. The number of rotatable bonds is 2. The fourth-order valence-corrected chi connectivity index (χ4v) is 2.78. The lowest BCUT2D eigenvalue weighted by Gasteiger charge is -2.32. The van der Waals surface area contributed by atoms with Crippen LogP contribution in [0.25, 0.3) is 11.0 Å². The number of benzene rings is 1. The topological polar surface area (TPSA) is 47.1 Å². The van der Waals surface area contributed by atoms with Crippen LogP contribution in [-0.2, 0) is 7.05 Å². The molecule has 0 saturated carbocycles. The van der Waals surface area contributed by atoms with Gasteiger partial charge in [-0.3, -0.25) is 0 Å². The smallest absolute Gasteiger partial charge is 0.206 e. The van der Waals surface area contributed by atoms with Gasteiger partial charge < -0.3 is 15.2 Å². The first-order valence-corrected chi connectivity index (χ1v) is 6.66. The molecule has 3 rings (SSSR count). The van der Waals surface area contributed by atoms with Crippen LogP contribution in [0.5, 0.6) is 0 Å². The Kier molecular flexibility index (Phi) is 2.96. The highest BCUT2D eigenvalue weighted by Gasteiger charge is 2.21. The summed E-state index contributed by atoms with van der Waals surface area (Å²) < 4.78 is 2.19. The van der Waals surface area contributed by atoms with Gasteiger partial charge in [-0.05, 0) is 37.4 Å². The van der Waals surface area contributed by atoms with Crippen molar-refractivity contribution >= 4 is 17.0 Å². The Morgan fingerprint density at radius 2 is 2.00 bits per heavy atom. The molecule has 0 radical (unpaired) electrons. The number of imidazole rings is 1. The number of nitrogens with zero attached hydrogens (tertiary/aromatic N) is 3. The molecule has 2 aromatic rings. The van der Waals surface area contributed by atoms with Crippen LogP contribution in [0, 0.1) is 5.92 Å². The van der Waals surface area contributed by atoms with E-state index >= 15 is 0 Å². The second kappa shape index (κ2) is 4.61. The number of anilines is 1. The van der Waals surface area contributed by atoms with Gasteiger partial charge in [0.2, 0.25) is 5.95 Å². The van der Waals surface area contributed by atoms with E-state index in [0.717, 1.165) is 31.1 Å². The summed E-state index contributed by atoms with van der Waals surface area (Å²) in [6, 6.07) is 8.30. The number of aryl methyl sites for hydroxylation is 1. The first kappa shape index (κ1) is 11.5. The summed E-state index contributed by atoms with van der Waals surface area (Å²) in [5.41, 5.74) is 8.02. The fraction of sp³-hybridized carbons (Fsp3) is 0.500. The van der Waals surface area contributed by atoms with Gasteiger partial charge in [0, 0.05) is 20.1 Å². The minimum Gasteiger partial charge on any atom is -0.342 e. The summed E-state index contributed by atoms with van der Waals surface area (Å²) in [4.78, 5) is 7.13. The van der Waals surface area contributed by atoms with Crippen LogP contribution in [0.3, 0.4) is 0 Å². The van der Waals surface area contributed by atoms with Crippen molar-refractivity contribution in [2.24, 2.45) is 18.7 Å². The van der Waals surface area contributed by atoms with Gasteiger partial charge in [0.1, 0.15) is 0 Å². The van der Waals surface area contributed by atoms with Gasteiger partial charge in [-0.15, -0.1) is 0 Å². The van der Waals surface area contributed by atoms with Crippen molar-refractivity contribution in [1.82, 2.24) is 9.55 Å². The van der Waals surface area contributed by atoms with E-state index in [4.69, 9.17) is 10.7 Å². The molecule has 0 aliphatic carbocycles. The first-order chi connectivity index (χ1) is 8.79. The van der Waals surface area contributed by atoms with E-state index in [0.29, 0.717) is 5.92 Å². The lowest BCUT2D eigenvalue weighted by Crippen LogP contribution is -2.37. The molecule has 1 aliphatic heterocycles. The molecule has 2 heterocycles. The van der Waals surface area contributed by atoms with Crippen LogP contribution in [0.4, 0.5) is 5.95 Å². The number of hydrogen-bond acceptors (Lipinski definition) is 3. The molecule has 1 fully saturated rings. The number of fused-ring (bicyclic) bond motifs is 1. The molecule has 1 aromatic heterocycles. The summed E-state index contributed by atoms with van der Waals surface area (Å²) in [5, 5.41) is 0. The summed E-state index contributed by atoms with van der Waals surface area (Å²) in [7, 11) is 2.10. The predicted molar refractivity (Wildman–Crippen MR) is 74.7 cm³/mol. The molecule has 18 heavy (non-hydrogen) atoms. The monoisotopic (exact) mass is 244 g/mol. The van der Waals surface area contributed by atoms with E-state index in [9.17, 15) is 0 Å². The largest absolute Gasteiger partial charge is 0.342 e. The lowest BCUT2D eigenvalue weighted by atomic mass is 9.97. The van der Waals surface area contributed by atoms with Gasteiger partial charge in [0.15, 0.2) is 0 Å². The average Bonchev–Trinajstić information content (AvgIpc) is 2.77. The highest BCUT2D eigenvalue weighted by Crippen LogP contribution is 2.25. The van der Waals surface area contributed by atoms with Gasteiger partial charge in [-0.2, -0.15) is 0 Å². The van der Waals surface area contributed by atoms with Gasteiger partial charge in [-0.25, -0.2) is 4.98 Å². The van der Waals surface area contributed by atoms with Crippen LogP contribution >= 0.6 is 0 Å². The van der Waals surface area contributed by atoms with E-state index in [1.165, 1.54) is 18.4 Å². The zero-order chi connectivity index (χ0) is 12.5. The molecule has 0 amide bonds. The molecule has 1 aromatic carbocycles. The Hall–Kier alpha value is -1.55. The van der Waals surface area contributed by atoms with Crippen LogP contribution in [0.1, 0.15) is 12.8 Å². The Morgan fingerprint density at radius 1 is 1.28 bits per heavy atom. The number of aromatic nitrogens is 2. The van der Waals surface area contributed by atoms with E-state index in [1.807, 2.05) is 6.07 Å². The molecule has 96 valence electrons. The molecule has 0 atom stereocenters. The van der Waals surface area contributed by atoms with E-state index < -0.39 is 0 Å². The Bertz CT molecular complexity index is 538. The standard InChI is InChI=1S/C14H20N4/c1-17-13-5-3-2-4-12(13)16-14(17)18-8-6-11(10-15)7-9-18/h2-5,11H,6-10,15H2,1H3.